The van der Waals surface area contributed by atoms with Gasteiger partial charge in [-0.05, 0) is 52.8 Å². The Morgan fingerprint density at radius 2 is 2.16 bits per heavy atom. The molecule has 1 fully saturated rings. The molecule has 5 heteroatoms. The molecule has 0 saturated carbocycles. The highest BCUT2D eigenvalue weighted by atomic mass is 16.5. The van der Waals surface area contributed by atoms with Crippen LogP contribution in [0.1, 0.15) is 45.2 Å². The van der Waals surface area contributed by atoms with Crippen LogP contribution in [-0.2, 0) is 0 Å². The minimum absolute atomic E-state index is 0.183. The number of fused-ring (bicyclic) bond motifs is 1. The van der Waals surface area contributed by atoms with Gasteiger partial charge in [0.25, 0.3) is 0 Å². The fraction of sp³-hybridized carbons (Fsp3) is 0.650. The van der Waals surface area contributed by atoms with E-state index in [2.05, 4.69) is 61.6 Å². The van der Waals surface area contributed by atoms with E-state index >= 15 is 0 Å². The number of hydrogen-bond donors (Lipinski definition) is 2. The standard InChI is InChI=1S/C20H32N4O/c1-5-21-19(22-13-15-10-11-24(4)14-15)23-17-12-20(2,3)25-18-9-7-6-8-16(17)18/h6-9,15,17H,5,10-14H2,1-4H3,(H2,21,22,23). The summed E-state index contributed by atoms with van der Waals surface area (Å²) in [5.41, 5.74) is 1.03. The van der Waals surface area contributed by atoms with Crippen LogP contribution < -0.4 is 15.4 Å². The lowest BCUT2D eigenvalue weighted by molar-refractivity contribution is 0.0694. The van der Waals surface area contributed by atoms with E-state index in [0.29, 0.717) is 5.92 Å². The Balaban J connectivity index is 1.73. The number of benzene rings is 1. The number of nitrogens with zero attached hydrogens (tertiary/aromatic N) is 2. The minimum atomic E-state index is -0.183. The number of likely N-dealkylation sites (tertiary alicyclic amines) is 1. The highest BCUT2D eigenvalue weighted by Gasteiger charge is 2.34. The van der Waals surface area contributed by atoms with Crippen LogP contribution in [0.4, 0.5) is 0 Å². The average Bonchev–Trinajstić information content (AvgIpc) is 2.97. The third-order valence-corrected chi connectivity index (χ3v) is 5.03. The number of aliphatic imine (C=N–C) groups is 1. The number of guanidine groups is 1. The number of hydrogen-bond acceptors (Lipinski definition) is 3. The van der Waals surface area contributed by atoms with Crippen molar-refractivity contribution in [1.29, 1.82) is 0 Å². The van der Waals surface area contributed by atoms with Crippen LogP contribution in [0.15, 0.2) is 29.3 Å². The topological polar surface area (TPSA) is 48.9 Å². The van der Waals surface area contributed by atoms with E-state index in [4.69, 9.17) is 9.73 Å². The van der Waals surface area contributed by atoms with Crippen LogP contribution in [0.2, 0.25) is 0 Å². The summed E-state index contributed by atoms with van der Waals surface area (Å²) in [7, 11) is 2.19. The van der Waals surface area contributed by atoms with Crippen molar-refractivity contribution < 1.29 is 4.74 Å². The van der Waals surface area contributed by atoms with Crippen LogP contribution in [0.3, 0.4) is 0 Å². The highest BCUT2D eigenvalue weighted by molar-refractivity contribution is 5.80. The average molecular weight is 345 g/mol. The quantitative estimate of drug-likeness (QED) is 0.651. The van der Waals surface area contributed by atoms with Crippen molar-refractivity contribution in [2.45, 2.75) is 45.3 Å². The second kappa shape index (κ2) is 7.65. The Kier molecular flexibility index (Phi) is 5.52. The first-order valence-electron chi connectivity index (χ1n) is 9.48. The van der Waals surface area contributed by atoms with Crippen LogP contribution >= 0.6 is 0 Å². The first kappa shape index (κ1) is 18.1. The van der Waals surface area contributed by atoms with Gasteiger partial charge >= 0.3 is 0 Å². The Morgan fingerprint density at radius 3 is 2.88 bits per heavy atom. The van der Waals surface area contributed by atoms with Gasteiger partial charge in [-0.1, -0.05) is 18.2 Å². The molecule has 2 heterocycles. The molecule has 0 amide bonds. The van der Waals surface area contributed by atoms with Crippen LogP contribution in [-0.4, -0.2) is 49.7 Å². The molecule has 0 aliphatic carbocycles. The van der Waals surface area contributed by atoms with Gasteiger partial charge in [0.15, 0.2) is 5.96 Å². The first-order chi connectivity index (χ1) is 12.0. The Morgan fingerprint density at radius 1 is 1.36 bits per heavy atom. The largest absolute Gasteiger partial charge is 0.487 e. The molecule has 3 rings (SSSR count). The minimum Gasteiger partial charge on any atom is -0.487 e. The van der Waals surface area contributed by atoms with E-state index in [-0.39, 0.29) is 11.6 Å². The van der Waals surface area contributed by atoms with Gasteiger partial charge in [0.2, 0.25) is 0 Å². The van der Waals surface area contributed by atoms with Gasteiger partial charge in [-0.15, -0.1) is 0 Å². The van der Waals surface area contributed by atoms with Gasteiger partial charge in [-0.3, -0.25) is 4.99 Å². The fourth-order valence-electron chi connectivity index (χ4n) is 3.81. The van der Waals surface area contributed by atoms with Gasteiger partial charge in [-0.25, -0.2) is 0 Å². The molecule has 1 aromatic carbocycles. The molecule has 0 aromatic heterocycles. The lowest BCUT2D eigenvalue weighted by atomic mass is 9.90. The predicted molar refractivity (Wildman–Crippen MR) is 103 cm³/mol. The van der Waals surface area contributed by atoms with Crippen molar-refractivity contribution in [3.8, 4) is 5.75 Å². The molecule has 25 heavy (non-hydrogen) atoms. The maximum atomic E-state index is 6.14. The molecule has 2 aliphatic rings. The molecule has 0 spiro atoms. The first-order valence-corrected chi connectivity index (χ1v) is 9.48. The summed E-state index contributed by atoms with van der Waals surface area (Å²) in [4.78, 5) is 7.26. The SMILES string of the molecule is CCNC(=NCC1CCN(C)C1)NC1CC(C)(C)Oc2ccccc21. The highest BCUT2D eigenvalue weighted by Crippen LogP contribution is 2.39. The van der Waals surface area contributed by atoms with Crippen molar-refractivity contribution >= 4 is 5.96 Å². The summed E-state index contributed by atoms with van der Waals surface area (Å²) < 4.78 is 6.14. The number of ether oxygens (including phenoxy) is 1. The monoisotopic (exact) mass is 344 g/mol. The van der Waals surface area contributed by atoms with Crippen molar-refractivity contribution in [3.05, 3.63) is 29.8 Å². The van der Waals surface area contributed by atoms with Crippen LogP contribution in [0, 0.1) is 5.92 Å². The Hall–Kier alpha value is -1.75. The number of para-hydroxylation sites is 1. The zero-order valence-corrected chi connectivity index (χ0v) is 16.0. The van der Waals surface area contributed by atoms with E-state index in [1.807, 2.05) is 6.07 Å². The molecular weight excluding hydrogens is 312 g/mol. The third kappa shape index (κ3) is 4.66. The van der Waals surface area contributed by atoms with E-state index in [9.17, 15) is 0 Å². The predicted octanol–water partition coefficient (Wildman–Crippen LogP) is 2.80. The van der Waals surface area contributed by atoms with E-state index in [0.717, 1.165) is 37.8 Å². The van der Waals surface area contributed by atoms with Gasteiger partial charge in [0.05, 0.1) is 6.04 Å². The smallest absolute Gasteiger partial charge is 0.191 e. The molecule has 138 valence electrons. The Bertz CT molecular complexity index is 613. The molecule has 0 radical (unpaired) electrons. The van der Waals surface area contributed by atoms with E-state index in [1.54, 1.807) is 0 Å². The number of nitrogens with one attached hydrogen (secondary N) is 2. The molecule has 0 bridgehead atoms. The second-order valence-electron chi connectivity index (χ2n) is 7.94. The molecule has 2 atom stereocenters. The van der Waals surface area contributed by atoms with Gasteiger partial charge in [-0.2, -0.15) is 0 Å². The summed E-state index contributed by atoms with van der Waals surface area (Å²) in [6, 6.07) is 8.53. The van der Waals surface area contributed by atoms with Crippen molar-refractivity contribution in [3.63, 3.8) is 0 Å². The van der Waals surface area contributed by atoms with Crippen molar-refractivity contribution in [1.82, 2.24) is 15.5 Å². The van der Waals surface area contributed by atoms with Crippen LogP contribution in [0.5, 0.6) is 5.75 Å². The van der Waals surface area contributed by atoms with Crippen molar-refractivity contribution in [2.75, 3.05) is 33.2 Å². The van der Waals surface area contributed by atoms with Gasteiger partial charge < -0.3 is 20.3 Å². The normalized spacial score (nSPS) is 26.0. The maximum Gasteiger partial charge on any atom is 0.191 e. The molecule has 2 unspecified atom stereocenters. The van der Waals surface area contributed by atoms with Gasteiger partial charge in [0.1, 0.15) is 11.4 Å². The summed E-state index contributed by atoms with van der Waals surface area (Å²) in [6.45, 7) is 10.5. The fourth-order valence-corrected chi connectivity index (χ4v) is 3.81. The second-order valence-corrected chi connectivity index (χ2v) is 7.94. The molecule has 2 N–H and O–H groups in total. The number of rotatable bonds is 4. The summed E-state index contributed by atoms with van der Waals surface area (Å²) in [6.07, 6.45) is 2.16. The maximum absolute atomic E-state index is 6.14. The summed E-state index contributed by atoms with van der Waals surface area (Å²) >= 11 is 0. The molecular formula is C20H32N4O. The van der Waals surface area contributed by atoms with Crippen LogP contribution in [0.25, 0.3) is 0 Å². The molecule has 1 aromatic rings. The lowest BCUT2D eigenvalue weighted by Crippen LogP contribution is -2.45. The summed E-state index contributed by atoms with van der Waals surface area (Å²) in [5.74, 6) is 2.55. The van der Waals surface area contributed by atoms with Crippen molar-refractivity contribution in [2.24, 2.45) is 10.9 Å². The van der Waals surface area contributed by atoms with Gasteiger partial charge in [0, 0.05) is 31.6 Å². The third-order valence-electron chi connectivity index (χ3n) is 5.03. The zero-order chi connectivity index (χ0) is 17.9. The summed E-state index contributed by atoms with van der Waals surface area (Å²) in [5, 5.41) is 7.06. The van der Waals surface area contributed by atoms with E-state index < -0.39 is 0 Å². The zero-order valence-electron chi connectivity index (χ0n) is 16.0. The molecule has 1 saturated heterocycles. The van der Waals surface area contributed by atoms with E-state index in [1.165, 1.54) is 18.5 Å². The lowest BCUT2D eigenvalue weighted by Gasteiger charge is -2.38. The molecule has 5 nitrogen and oxygen atoms in total. The Labute approximate surface area is 151 Å². The molecule has 2 aliphatic heterocycles.